The molecule has 3 aliphatic rings. The zero-order valence-corrected chi connectivity index (χ0v) is 28.8. The number of alkyl halides is 6. The molecule has 280 valence electrons. The van der Waals surface area contributed by atoms with Gasteiger partial charge in [0.15, 0.2) is 0 Å². The molecule has 1 aliphatic carbocycles. The lowest BCUT2D eigenvalue weighted by Crippen LogP contribution is -2.57. The molecule has 1 amide bonds. The van der Waals surface area contributed by atoms with Crippen LogP contribution in [0, 0.1) is 11.8 Å². The number of ether oxygens (including phenoxy) is 1. The van der Waals surface area contributed by atoms with Gasteiger partial charge in [-0.1, -0.05) is 13.8 Å². The van der Waals surface area contributed by atoms with Crippen LogP contribution in [0.4, 0.5) is 37.1 Å². The number of hydrogen-bond donors (Lipinski definition) is 1. The van der Waals surface area contributed by atoms with Crippen LogP contribution in [0.1, 0.15) is 93.4 Å². The molecular weight excluding hydrogens is 682 g/mol. The first-order valence-corrected chi connectivity index (χ1v) is 17.4. The van der Waals surface area contributed by atoms with Gasteiger partial charge >= 0.3 is 24.4 Å². The van der Waals surface area contributed by atoms with Crippen molar-refractivity contribution in [1.82, 2.24) is 19.9 Å². The summed E-state index contributed by atoms with van der Waals surface area (Å²) in [7, 11) is 1.82. The van der Waals surface area contributed by atoms with E-state index in [9.17, 15) is 41.0 Å². The van der Waals surface area contributed by atoms with Gasteiger partial charge in [-0.15, -0.1) is 0 Å². The SMILES string of the molecule is CC[C@@H]1C[C@H](N(Cc2cc(C(F)(F)F)cc(C(F)(F)F)c2)c2ncc(C3C=NN(C)C3)cn2)C[C@H](CC)N1C(=O)OC[C@H]1CC[C@H](C(=O)O)CC1. The maximum Gasteiger partial charge on any atom is 0.416 e. The highest BCUT2D eigenvalue weighted by molar-refractivity contribution is 5.70. The molecule has 5 rings (SSSR count). The number of nitrogens with zero attached hydrogens (tertiary/aromatic N) is 6. The molecule has 51 heavy (non-hydrogen) atoms. The van der Waals surface area contributed by atoms with Gasteiger partial charge in [0, 0.05) is 62.8 Å². The number of carbonyl (C=O) groups is 2. The van der Waals surface area contributed by atoms with E-state index < -0.39 is 41.6 Å². The molecule has 4 atom stereocenters. The number of aromatic nitrogens is 2. The van der Waals surface area contributed by atoms with E-state index in [4.69, 9.17) is 4.74 Å². The Hall–Kier alpha value is -4.11. The van der Waals surface area contributed by atoms with Crippen LogP contribution in [0.5, 0.6) is 0 Å². The van der Waals surface area contributed by atoms with Gasteiger partial charge in [0.1, 0.15) is 0 Å². The molecule has 1 aromatic heterocycles. The third kappa shape index (κ3) is 9.23. The summed E-state index contributed by atoms with van der Waals surface area (Å²) in [6, 6.07) is 0.441. The summed E-state index contributed by atoms with van der Waals surface area (Å²) in [5, 5.41) is 15.3. The molecule has 2 aliphatic heterocycles. The maximum atomic E-state index is 13.8. The molecule has 2 aromatic rings. The second kappa shape index (κ2) is 15.6. The van der Waals surface area contributed by atoms with Crippen molar-refractivity contribution >= 4 is 24.2 Å². The number of hydrogen-bond acceptors (Lipinski definition) is 8. The van der Waals surface area contributed by atoms with Gasteiger partial charge in [-0.05, 0) is 86.6 Å². The fourth-order valence-corrected chi connectivity index (χ4v) is 7.47. The lowest BCUT2D eigenvalue weighted by molar-refractivity contribution is -0.144. The average Bonchev–Trinajstić information content (AvgIpc) is 3.54. The van der Waals surface area contributed by atoms with Crippen molar-refractivity contribution in [2.75, 3.05) is 25.1 Å². The van der Waals surface area contributed by atoms with Crippen LogP contribution in [0.15, 0.2) is 35.7 Å². The second-order valence-electron chi connectivity index (χ2n) is 13.9. The van der Waals surface area contributed by atoms with Crippen LogP contribution < -0.4 is 4.90 Å². The summed E-state index contributed by atoms with van der Waals surface area (Å²) in [6.07, 6.45) is -1.46. The average molecular weight is 727 g/mol. The van der Waals surface area contributed by atoms with Crippen LogP contribution in [0.25, 0.3) is 0 Å². The minimum Gasteiger partial charge on any atom is -0.481 e. The van der Waals surface area contributed by atoms with Crippen molar-refractivity contribution in [2.45, 2.75) is 108 Å². The Morgan fingerprint density at radius 2 is 1.49 bits per heavy atom. The minimum atomic E-state index is -5.00. The third-order valence-electron chi connectivity index (χ3n) is 10.4. The number of rotatable bonds is 10. The molecule has 0 radical (unpaired) electrons. The number of halogens is 6. The van der Waals surface area contributed by atoms with Crippen molar-refractivity contribution in [1.29, 1.82) is 0 Å². The smallest absolute Gasteiger partial charge is 0.416 e. The van der Waals surface area contributed by atoms with Gasteiger partial charge in [0.25, 0.3) is 0 Å². The van der Waals surface area contributed by atoms with E-state index in [0.717, 1.165) is 17.7 Å². The molecule has 3 heterocycles. The molecule has 10 nitrogen and oxygen atoms in total. The number of benzene rings is 1. The normalized spacial score (nSPS) is 25.6. The minimum absolute atomic E-state index is 0.0582. The number of amides is 1. The Bertz CT molecular complexity index is 1500. The van der Waals surface area contributed by atoms with E-state index in [1.54, 1.807) is 33.4 Å². The first kappa shape index (κ1) is 38.1. The molecule has 0 bridgehead atoms. The number of aliphatic carboxylic acids is 1. The van der Waals surface area contributed by atoms with E-state index in [-0.39, 0.29) is 60.6 Å². The van der Waals surface area contributed by atoms with Crippen molar-refractivity contribution < 1.29 is 45.8 Å². The Balaban J connectivity index is 1.41. The maximum absolute atomic E-state index is 13.8. The highest BCUT2D eigenvalue weighted by Crippen LogP contribution is 2.39. The largest absolute Gasteiger partial charge is 0.481 e. The number of carboxylic acids is 1. The number of likely N-dealkylation sites (tertiary alicyclic amines) is 1. The molecule has 0 spiro atoms. The Kier molecular flexibility index (Phi) is 11.7. The van der Waals surface area contributed by atoms with Gasteiger partial charge < -0.3 is 19.6 Å². The zero-order chi connectivity index (χ0) is 37.1. The van der Waals surface area contributed by atoms with Crippen LogP contribution in [-0.2, 0) is 28.4 Å². The van der Waals surface area contributed by atoms with Crippen molar-refractivity contribution in [3.63, 3.8) is 0 Å². The van der Waals surface area contributed by atoms with E-state index in [1.165, 1.54) is 0 Å². The lowest BCUT2D eigenvalue weighted by Gasteiger charge is -2.47. The summed E-state index contributed by atoms with van der Waals surface area (Å²) in [5.74, 6) is -1.07. The summed E-state index contributed by atoms with van der Waals surface area (Å²) < 4.78 is 88.7. The second-order valence-corrected chi connectivity index (χ2v) is 13.9. The highest BCUT2D eigenvalue weighted by atomic mass is 19.4. The van der Waals surface area contributed by atoms with Crippen LogP contribution in [-0.4, -0.2) is 81.6 Å². The predicted molar refractivity (Wildman–Crippen MR) is 176 cm³/mol. The quantitative estimate of drug-likeness (QED) is 0.250. The summed E-state index contributed by atoms with van der Waals surface area (Å²) >= 11 is 0. The van der Waals surface area contributed by atoms with Crippen LogP contribution in [0.3, 0.4) is 0 Å². The number of anilines is 1. The van der Waals surface area contributed by atoms with Crippen LogP contribution in [0.2, 0.25) is 0 Å². The molecule has 1 aromatic carbocycles. The topological polar surface area (TPSA) is 111 Å². The molecule has 1 saturated heterocycles. The molecule has 1 N–H and O–H groups in total. The Labute approximate surface area is 292 Å². The summed E-state index contributed by atoms with van der Waals surface area (Å²) in [4.78, 5) is 37.4. The van der Waals surface area contributed by atoms with Crippen molar-refractivity contribution in [2.24, 2.45) is 16.9 Å². The van der Waals surface area contributed by atoms with E-state index in [1.807, 2.05) is 20.9 Å². The number of piperidine rings is 1. The van der Waals surface area contributed by atoms with Gasteiger partial charge in [-0.2, -0.15) is 31.4 Å². The highest BCUT2D eigenvalue weighted by Gasteiger charge is 2.42. The number of likely N-dealkylation sites (N-methyl/N-ethyl adjacent to an activating group) is 1. The molecular formula is C35H44F6N6O4. The predicted octanol–water partition coefficient (Wildman–Crippen LogP) is 7.58. The van der Waals surface area contributed by atoms with Crippen molar-refractivity contribution in [3.8, 4) is 0 Å². The van der Waals surface area contributed by atoms with Gasteiger partial charge in [-0.25, -0.2) is 14.8 Å². The lowest BCUT2D eigenvalue weighted by atomic mass is 9.82. The number of carbonyl (C=O) groups excluding carboxylic acids is 1. The number of hydrazone groups is 1. The molecule has 1 saturated carbocycles. The fourth-order valence-electron chi connectivity index (χ4n) is 7.47. The van der Waals surface area contributed by atoms with Crippen molar-refractivity contribution in [3.05, 3.63) is 52.8 Å². The third-order valence-corrected chi connectivity index (χ3v) is 10.4. The van der Waals surface area contributed by atoms with E-state index >= 15 is 0 Å². The Morgan fingerprint density at radius 3 is 1.96 bits per heavy atom. The summed E-state index contributed by atoms with van der Waals surface area (Å²) in [5.41, 5.74) is -2.24. The Morgan fingerprint density at radius 1 is 0.922 bits per heavy atom. The first-order chi connectivity index (χ1) is 24.1. The first-order valence-electron chi connectivity index (χ1n) is 17.4. The molecule has 2 fully saturated rings. The van der Waals surface area contributed by atoms with Gasteiger partial charge in [-0.3, -0.25) is 9.80 Å². The molecule has 16 heteroatoms. The standard InChI is InChI=1S/C35H44F6N6O4/c1-4-28-13-30(14-29(5-2)47(28)33(50)51-20-21-6-8-23(9-7-21)31(48)49)46(32-42-15-24(16-43-32)25-17-44-45(3)19-25)18-22-10-26(34(36,37)38)12-27(11-22)35(39,40)41/h10-12,15-17,21,23,25,28-30H,4-9,13-14,18-20H2,1-3H3,(H,48,49)/t21-,23-,25?,28-,29+,30+. The zero-order valence-electron chi connectivity index (χ0n) is 28.8. The van der Waals surface area contributed by atoms with E-state index in [0.29, 0.717) is 57.9 Å². The number of carboxylic acid groups (broad SMARTS) is 1. The van der Waals surface area contributed by atoms with Crippen LogP contribution >= 0.6 is 0 Å². The monoisotopic (exact) mass is 726 g/mol. The molecule has 1 unspecified atom stereocenters. The summed E-state index contributed by atoms with van der Waals surface area (Å²) in [6.45, 7) is 4.26. The van der Waals surface area contributed by atoms with Gasteiger partial charge in [0.05, 0.1) is 23.7 Å². The van der Waals surface area contributed by atoms with E-state index in [2.05, 4.69) is 15.1 Å². The fraction of sp³-hybridized carbons (Fsp3) is 0.629. The van der Waals surface area contributed by atoms with Gasteiger partial charge in [0.2, 0.25) is 5.95 Å².